The molecule has 3 saturated heterocycles. The van der Waals surface area contributed by atoms with E-state index in [2.05, 4.69) is 40.5 Å². The fraction of sp³-hybridized carbons (Fsp3) is 0.667. The number of hydrogen-bond acceptors (Lipinski definition) is 2. The highest BCUT2D eigenvalue weighted by molar-refractivity contribution is 5.85. The van der Waals surface area contributed by atoms with Crippen molar-refractivity contribution in [2.24, 2.45) is 5.92 Å². The van der Waals surface area contributed by atoms with Gasteiger partial charge in [-0.15, -0.1) is 12.4 Å². The molecule has 3 fully saturated rings. The summed E-state index contributed by atoms with van der Waals surface area (Å²) >= 11 is 0. The van der Waals surface area contributed by atoms with E-state index in [0.29, 0.717) is 30.0 Å². The number of hydrogen-bond donors (Lipinski definition) is 1. The zero-order chi connectivity index (χ0) is 16.4. The number of rotatable bonds is 5. The zero-order valence-corrected chi connectivity index (χ0v) is 15.8. The summed E-state index contributed by atoms with van der Waals surface area (Å²) in [4.78, 5) is 15.1. The van der Waals surface area contributed by atoms with Crippen LogP contribution in [-0.2, 0) is 11.2 Å². The molecule has 1 aromatic rings. The van der Waals surface area contributed by atoms with Crippen molar-refractivity contribution >= 4 is 18.3 Å². The maximum absolute atomic E-state index is 12.9. The Hall–Kier alpha value is -1.06. The highest BCUT2D eigenvalue weighted by Crippen LogP contribution is 2.34. The van der Waals surface area contributed by atoms with Gasteiger partial charge in [0.15, 0.2) is 0 Å². The molecule has 4 heteroatoms. The number of benzene rings is 1. The van der Waals surface area contributed by atoms with Crippen LogP contribution in [0.15, 0.2) is 30.3 Å². The molecule has 1 aromatic carbocycles. The summed E-state index contributed by atoms with van der Waals surface area (Å²) in [5.41, 5.74) is 1.40. The maximum atomic E-state index is 12.9. The number of carbonyl (C=O) groups excluding carboxylic acids is 1. The van der Waals surface area contributed by atoms with Crippen LogP contribution in [0.4, 0.5) is 0 Å². The Balaban J connectivity index is 0.00000182. The normalized spacial score (nSPS) is 31.0. The number of halogens is 1. The first-order valence-electron chi connectivity index (χ1n) is 9.87. The summed E-state index contributed by atoms with van der Waals surface area (Å²) < 4.78 is 0. The Kier molecular flexibility index (Phi) is 6.40. The van der Waals surface area contributed by atoms with Gasteiger partial charge >= 0.3 is 0 Å². The summed E-state index contributed by atoms with van der Waals surface area (Å²) in [6, 6.07) is 12.5. The molecule has 4 rings (SSSR count). The van der Waals surface area contributed by atoms with Crippen molar-refractivity contribution in [1.82, 2.24) is 10.2 Å². The topological polar surface area (TPSA) is 32.3 Å². The van der Waals surface area contributed by atoms with Crippen LogP contribution in [0, 0.1) is 5.92 Å². The number of fused-ring (bicyclic) bond motifs is 2. The molecule has 138 valence electrons. The van der Waals surface area contributed by atoms with Crippen LogP contribution in [0.3, 0.4) is 0 Å². The predicted molar refractivity (Wildman–Crippen MR) is 104 cm³/mol. The number of nitrogens with one attached hydrogen (secondary N) is 1. The van der Waals surface area contributed by atoms with Gasteiger partial charge in [-0.3, -0.25) is 4.79 Å². The molecule has 3 nitrogen and oxygen atoms in total. The molecule has 1 amide bonds. The minimum Gasteiger partial charge on any atom is -0.340 e. The molecule has 3 aliphatic heterocycles. The van der Waals surface area contributed by atoms with Crippen LogP contribution in [0.1, 0.15) is 56.9 Å². The molecular formula is C21H31ClN2O. The lowest BCUT2D eigenvalue weighted by Gasteiger charge is -2.31. The summed E-state index contributed by atoms with van der Waals surface area (Å²) in [6.45, 7) is 0.982. The fourth-order valence-electron chi connectivity index (χ4n) is 5.15. The second-order valence-electron chi connectivity index (χ2n) is 8.09. The molecule has 3 unspecified atom stereocenters. The monoisotopic (exact) mass is 362 g/mol. The molecule has 0 saturated carbocycles. The maximum Gasteiger partial charge on any atom is 0.223 e. The fourth-order valence-corrected chi connectivity index (χ4v) is 5.15. The van der Waals surface area contributed by atoms with Gasteiger partial charge in [-0.1, -0.05) is 30.3 Å². The Bertz CT molecular complexity index is 552. The van der Waals surface area contributed by atoms with Gasteiger partial charge < -0.3 is 10.2 Å². The first kappa shape index (κ1) is 18.7. The number of amides is 1. The molecule has 2 bridgehead atoms. The molecule has 1 N–H and O–H groups in total. The molecule has 0 aromatic heterocycles. The zero-order valence-electron chi connectivity index (χ0n) is 15.0. The number of carbonyl (C=O) groups is 1. The second-order valence-corrected chi connectivity index (χ2v) is 8.09. The van der Waals surface area contributed by atoms with E-state index in [-0.39, 0.29) is 12.4 Å². The standard InChI is InChI=1S/C21H30N2O.ClH/c24-21(15-17-13-18-9-10-19(14-17)22-18)23-12-4-7-20(23)11-8-16-5-2-1-3-6-16;/h1-3,5-6,17-20,22H,4,7-15H2;1H. The molecule has 0 aliphatic carbocycles. The van der Waals surface area contributed by atoms with Gasteiger partial charge in [0.1, 0.15) is 0 Å². The van der Waals surface area contributed by atoms with Crippen molar-refractivity contribution in [1.29, 1.82) is 0 Å². The number of likely N-dealkylation sites (tertiary alicyclic amines) is 1. The number of aryl methyl sites for hydroxylation is 1. The van der Waals surface area contributed by atoms with E-state index in [4.69, 9.17) is 0 Å². The van der Waals surface area contributed by atoms with Crippen molar-refractivity contribution in [2.75, 3.05) is 6.54 Å². The minimum atomic E-state index is 0. The van der Waals surface area contributed by atoms with E-state index in [1.54, 1.807) is 0 Å². The van der Waals surface area contributed by atoms with Crippen molar-refractivity contribution in [3.05, 3.63) is 35.9 Å². The Morgan fingerprint density at radius 2 is 1.80 bits per heavy atom. The molecule has 0 radical (unpaired) electrons. The van der Waals surface area contributed by atoms with Gasteiger partial charge in [0.25, 0.3) is 0 Å². The lowest BCUT2D eigenvalue weighted by atomic mass is 9.89. The van der Waals surface area contributed by atoms with Crippen LogP contribution >= 0.6 is 12.4 Å². The Morgan fingerprint density at radius 3 is 2.52 bits per heavy atom. The largest absolute Gasteiger partial charge is 0.340 e. The van der Waals surface area contributed by atoms with E-state index in [1.165, 1.54) is 44.1 Å². The van der Waals surface area contributed by atoms with Gasteiger partial charge in [0.05, 0.1) is 0 Å². The van der Waals surface area contributed by atoms with Crippen LogP contribution in [-0.4, -0.2) is 35.5 Å². The molecule has 3 atom stereocenters. The van der Waals surface area contributed by atoms with E-state index in [1.807, 2.05) is 0 Å². The van der Waals surface area contributed by atoms with Gasteiger partial charge in [0, 0.05) is 31.1 Å². The SMILES string of the molecule is Cl.O=C(CC1CC2CCC(C1)N2)N1CCCC1CCc1ccccc1. The van der Waals surface area contributed by atoms with Crippen molar-refractivity contribution < 1.29 is 4.79 Å². The average Bonchev–Trinajstić information content (AvgIpc) is 3.20. The van der Waals surface area contributed by atoms with E-state index in [0.717, 1.165) is 25.8 Å². The highest BCUT2D eigenvalue weighted by atomic mass is 35.5. The third-order valence-corrected chi connectivity index (χ3v) is 6.34. The first-order valence-corrected chi connectivity index (χ1v) is 9.87. The van der Waals surface area contributed by atoms with Gasteiger partial charge in [-0.25, -0.2) is 0 Å². The minimum absolute atomic E-state index is 0. The summed E-state index contributed by atoms with van der Waals surface area (Å²) in [5.74, 6) is 1.04. The molecule has 3 aliphatic rings. The number of nitrogens with zero attached hydrogens (tertiary/aromatic N) is 1. The van der Waals surface area contributed by atoms with Crippen LogP contribution in [0.2, 0.25) is 0 Å². The van der Waals surface area contributed by atoms with Crippen molar-refractivity contribution in [3.63, 3.8) is 0 Å². The van der Waals surface area contributed by atoms with E-state index >= 15 is 0 Å². The third-order valence-electron chi connectivity index (χ3n) is 6.34. The lowest BCUT2D eigenvalue weighted by molar-refractivity contribution is -0.133. The van der Waals surface area contributed by atoms with Crippen molar-refractivity contribution in [3.8, 4) is 0 Å². The molecule has 0 spiro atoms. The van der Waals surface area contributed by atoms with Gasteiger partial charge in [-0.05, 0) is 62.8 Å². The first-order chi connectivity index (χ1) is 11.8. The van der Waals surface area contributed by atoms with Gasteiger partial charge in [-0.2, -0.15) is 0 Å². The van der Waals surface area contributed by atoms with E-state index in [9.17, 15) is 4.79 Å². The smallest absolute Gasteiger partial charge is 0.223 e. The van der Waals surface area contributed by atoms with Crippen LogP contribution < -0.4 is 5.32 Å². The summed E-state index contributed by atoms with van der Waals surface area (Å²) in [6.07, 6.45) is 10.4. The van der Waals surface area contributed by atoms with Crippen LogP contribution in [0.5, 0.6) is 0 Å². The highest BCUT2D eigenvalue weighted by Gasteiger charge is 2.36. The summed E-state index contributed by atoms with van der Waals surface area (Å²) in [5, 5.41) is 3.69. The van der Waals surface area contributed by atoms with E-state index < -0.39 is 0 Å². The lowest BCUT2D eigenvalue weighted by Crippen LogP contribution is -2.41. The Morgan fingerprint density at radius 1 is 1.08 bits per heavy atom. The summed E-state index contributed by atoms with van der Waals surface area (Å²) in [7, 11) is 0. The number of piperidine rings is 1. The molecular weight excluding hydrogens is 332 g/mol. The van der Waals surface area contributed by atoms with Crippen LogP contribution in [0.25, 0.3) is 0 Å². The third kappa shape index (κ3) is 4.57. The Labute approximate surface area is 158 Å². The average molecular weight is 363 g/mol. The van der Waals surface area contributed by atoms with Gasteiger partial charge in [0.2, 0.25) is 5.91 Å². The molecule has 25 heavy (non-hydrogen) atoms. The molecule has 3 heterocycles. The predicted octanol–water partition coefficient (Wildman–Crippen LogP) is 3.95. The second kappa shape index (κ2) is 8.55. The quantitative estimate of drug-likeness (QED) is 0.860. The van der Waals surface area contributed by atoms with Crippen molar-refractivity contribution in [2.45, 2.75) is 75.9 Å².